The lowest BCUT2D eigenvalue weighted by Gasteiger charge is -2.13. The molecule has 2 amide bonds. The number of para-hydroxylation sites is 2. The number of rotatable bonds is 10. The molecule has 0 bridgehead atoms. The first-order valence-corrected chi connectivity index (χ1v) is 12.3. The molecule has 4 rings (SSSR count). The molecule has 0 saturated carbocycles. The molecule has 8 nitrogen and oxygen atoms in total. The zero-order chi connectivity index (χ0) is 26.7. The molecule has 0 fully saturated rings. The maximum atomic E-state index is 12.3. The van der Waals surface area contributed by atoms with Crippen molar-refractivity contribution >= 4 is 34.5 Å². The van der Waals surface area contributed by atoms with Crippen molar-refractivity contribution in [3.05, 3.63) is 96.1 Å². The maximum Gasteiger partial charge on any atom is 0.329 e. The molecule has 0 aromatic heterocycles. The summed E-state index contributed by atoms with van der Waals surface area (Å²) in [5.74, 6) is -0.151. The van der Waals surface area contributed by atoms with Gasteiger partial charge in [-0.1, -0.05) is 54.6 Å². The van der Waals surface area contributed by atoms with Gasteiger partial charge in [0, 0.05) is 0 Å². The van der Waals surface area contributed by atoms with Crippen LogP contribution in [-0.4, -0.2) is 31.2 Å². The van der Waals surface area contributed by atoms with Crippen molar-refractivity contribution in [1.82, 2.24) is 5.43 Å². The number of carbonyl (C=O) groups excluding carboxylic acids is 2. The SMILES string of the molecule is CCOc1ccccc1NC(=O)C(=O)NN=Cc1ccc(OCc2cccc3ccccc23)c(OCC)c1. The van der Waals surface area contributed by atoms with Crippen LogP contribution < -0.4 is 25.0 Å². The molecule has 0 atom stereocenters. The highest BCUT2D eigenvalue weighted by Gasteiger charge is 2.15. The average molecular weight is 512 g/mol. The van der Waals surface area contributed by atoms with Crippen LogP contribution in [0.4, 0.5) is 5.69 Å². The van der Waals surface area contributed by atoms with E-state index in [1.54, 1.807) is 42.5 Å². The number of hydrogen-bond acceptors (Lipinski definition) is 6. The average Bonchev–Trinajstić information content (AvgIpc) is 2.94. The second-order valence-electron chi connectivity index (χ2n) is 8.15. The van der Waals surface area contributed by atoms with Gasteiger partial charge in [-0.25, -0.2) is 5.43 Å². The molecule has 0 aliphatic heterocycles. The Morgan fingerprint density at radius 3 is 2.34 bits per heavy atom. The highest BCUT2D eigenvalue weighted by atomic mass is 16.5. The first-order valence-electron chi connectivity index (χ1n) is 12.3. The molecule has 0 aliphatic rings. The second kappa shape index (κ2) is 12.9. The van der Waals surface area contributed by atoms with Gasteiger partial charge >= 0.3 is 11.8 Å². The summed E-state index contributed by atoms with van der Waals surface area (Å²) in [5, 5.41) is 8.73. The second-order valence-corrected chi connectivity index (χ2v) is 8.15. The van der Waals surface area contributed by atoms with Crippen molar-refractivity contribution in [2.24, 2.45) is 5.10 Å². The normalized spacial score (nSPS) is 10.8. The standard InChI is InChI=1S/C30H29N3O5/c1-3-36-26-15-8-7-14-25(26)32-29(34)30(35)33-31-19-21-16-17-27(28(18-21)37-4-2)38-20-23-12-9-11-22-10-5-6-13-24(22)23/h5-19H,3-4,20H2,1-2H3,(H,32,34)(H,33,35). The van der Waals surface area contributed by atoms with E-state index in [0.29, 0.717) is 48.3 Å². The topological polar surface area (TPSA) is 98.2 Å². The molecule has 4 aromatic rings. The van der Waals surface area contributed by atoms with Gasteiger partial charge in [-0.3, -0.25) is 9.59 Å². The largest absolute Gasteiger partial charge is 0.492 e. The van der Waals surface area contributed by atoms with Crippen LogP contribution >= 0.6 is 0 Å². The van der Waals surface area contributed by atoms with E-state index in [2.05, 4.69) is 34.0 Å². The molecule has 0 aliphatic carbocycles. The number of hydrazone groups is 1. The summed E-state index contributed by atoms with van der Waals surface area (Å²) in [4.78, 5) is 24.5. The zero-order valence-corrected chi connectivity index (χ0v) is 21.3. The van der Waals surface area contributed by atoms with Crippen LogP contribution in [0.2, 0.25) is 0 Å². The van der Waals surface area contributed by atoms with E-state index in [0.717, 1.165) is 16.3 Å². The Labute approximate surface area is 221 Å². The van der Waals surface area contributed by atoms with E-state index in [1.807, 2.05) is 38.1 Å². The van der Waals surface area contributed by atoms with E-state index in [1.165, 1.54) is 6.21 Å². The van der Waals surface area contributed by atoms with Crippen LogP contribution in [0.1, 0.15) is 25.0 Å². The number of carbonyl (C=O) groups is 2. The van der Waals surface area contributed by atoms with E-state index in [4.69, 9.17) is 14.2 Å². The fourth-order valence-electron chi connectivity index (χ4n) is 3.81. The summed E-state index contributed by atoms with van der Waals surface area (Å²) in [6.45, 7) is 4.98. The van der Waals surface area contributed by atoms with Gasteiger partial charge in [0.1, 0.15) is 12.4 Å². The molecule has 0 unspecified atom stereocenters. The van der Waals surface area contributed by atoms with Crippen LogP contribution in [0, 0.1) is 0 Å². The van der Waals surface area contributed by atoms with Gasteiger partial charge in [-0.15, -0.1) is 0 Å². The minimum atomic E-state index is -0.910. The summed E-state index contributed by atoms with van der Waals surface area (Å²) in [5.41, 5.74) is 4.37. The first kappa shape index (κ1) is 26.2. The Bertz CT molecular complexity index is 1450. The lowest BCUT2D eigenvalue weighted by atomic mass is 10.1. The van der Waals surface area contributed by atoms with Crippen molar-refractivity contribution < 1.29 is 23.8 Å². The van der Waals surface area contributed by atoms with Gasteiger partial charge in [-0.05, 0) is 66.1 Å². The van der Waals surface area contributed by atoms with E-state index in [9.17, 15) is 9.59 Å². The van der Waals surface area contributed by atoms with E-state index >= 15 is 0 Å². The van der Waals surface area contributed by atoms with Gasteiger partial charge in [-0.2, -0.15) is 5.10 Å². The molecule has 4 aromatic carbocycles. The Morgan fingerprint density at radius 2 is 1.50 bits per heavy atom. The van der Waals surface area contributed by atoms with Crippen LogP contribution in [0.3, 0.4) is 0 Å². The third-order valence-corrected chi connectivity index (χ3v) is 5.55. The summed E-state index contributed by atoms with van der Waals surface area (Å²) in [6, 6.07) is 26.5. The number of fused-ring (bicyclic) bond motifs is 1. The van der Waals surface area contributed by atoms with Crippen LogP contribution in [0.5, 0.6) is 17.2 Å². The van der Waals surface area contributed by atoms with Gasteiger partial charge in [0.2, 0.25) is 0 Å². The lowest BCUT2D eigenvalue weighted by Crippen LogP contribution is -2.32. The van der Waals surface area contributed by atoms with Crippen molar-refractivity contribution in [1.29, 1.82) is 0 Å². The highest BCUT2D eigenvalue weighted by Crippen LogP contribution is 2.30. The number of anilines is 1. The highest BCUT2D eigenvalue weighted by molar-refractivity contribution is 6.39. The summed E-state index contributed by atoms with van der Waals surface area (Å²) >= 11 is 0. The predicted octanol–water partition coefficient (Wildman–Crippen LogP) is 5.31. The number of nitrogens with one attached hydrogen (secondary N) is 2. The van der Waals surface area contributed by atoms with Gasteiger partial charge in [0.05, 0.1) is 25.1 Å². The fourth-order valence-corrected chi connectivity index (χ4v) is 3.81. The minimum absolute atomic E-state index is 0.381. The number of nitrogens with zero attached hydrogens (tertiary/aromatic N) is 1. The molecule has 0 saturated heterocycles. The predicted molar refractivity (Wildman–Crippen MR) is 148 cm³/mol. The molecule has 8 heteroatoms. The Hall–Kier alpha value is -4.85. The zero-order valence-electron chi connectivity index (χ0n) is 21.3. The van der Waals surface area contributed by atoms with Crippen molar-refractivity contribution in [3.63, 3.8) is 0 Å². The summed E-state index contributed by atoms with van der Waals surface area (Å²) in [6.07, 6.45) is 1.43. The molecule has 0 heterocycles. The fraction of sp³-hybridized carbons (Fsp3) is 0.167. The van der Waals surface area contributed by atoms with Gasteiger partial charge in [0.25, 0.3) is 0 Å². The third-order valence-electron chi connectivity index (χ3n) is 5.55. The molecule has 0 spiro atoms. The monoisotopic (exact) mass is 511 g/mol. The third kappa shape index (κ3) is 6.67. The molecule has 194 valence electrons. The van der Waals surface area contributed by atoms with E-state index < -0.39 is 11.8 Å². The van der Waals surface area contributed by atoms with Crippen LogP contribution in [0.15, 0.2) is 90.0 Å². The summed E-state index contributed by atoms with van der Waals surface area (Å²) in [7, 11) is 0. The van der Waals surface area contributed by atoms with Crippen LogP contribution in [-0.2, 0) is 16.2 Å². The van der Waals surface area contributed by atoms with Crippen molar-refractivity contribution in [3.8, 4) is 17.2 Å². The minimum Gasteiger partial charge on any atom is -0.492 e. The number of amides is 2. The van der Waals surface area contributed by atoms with Gasteiger partial charge < -0.3 is 19.5 Å². The van der Waals surface area contributed by atoms with Gasteiger partial charge in [0.15, 0.2) is 11.5 Å². The molecular weight excluding hydrogens is 482 g/mol. The van der Waals surface area contributed by atoms with Crippen molar-refractivity contribution in [2.45, 2.75) is 20.5 Å². The molecular formula is C30H29N3O5. The van der Waals surface area contributed by atoms with Crippen molar-refractivity contribution in [2.75, 3.05) is 18.5 Å². The Morgan fingerprint density at radius 1 is 0.763 bits per heavy atom. The molecule has 0 radical (unpaired) electrons. The quantitative estimate of drug-likeness (QED) is 0.171. The Kier molecular flexibility index (Phi) is 8.91. The lowest BCUT2D eigenvalue weighted by molar-refractivity contribution is -0.136. The smallest absolute Gasteiger partial charge is 0.329 e. The van der Waals surface area contributed by atoms with E-state index in [-0.39, 0.29) is 0 Å². The number of hydrogen-bond donors (Lipinski definition) is 2. The number of benzene rings is 4. The Balaban J connectivity index is 1.38. The van der Waals surface area contributed by atoms with Crippen LogP contribution in [0.25, 0.3) is 10.8 Å². The summed E-state index contributed by atoms with van der Waals surface area (Å²) < 4.78 is 17.3. The number of ether oxygens (including phenoxy) is 3. The molecule has 38 heavy (non-hydrogen) atoms. The first-order chi connectivity index (χ1) is 18.6. The molecule has 2 N–H and O–H groups in total. The maximum absolute atomic E-state index is 12.3.